The number of hydrogen-bond donors (Lipinski definition) is 2. The minimum absolute atomic E-state index is 0.0414. The fourth-order valence-corrected chi connectivity index (χ4v) is 2.87. The van der Waals surface area contributed by atoms with Gasteiger partial charge in [-0.1, -0.05) is 6.07 Å². The molecule has 0 aliphatic rings. The summed E-state index contributed by atoms with van der Waals surface area (Å²) in [5.74, 6) is -1.13. The van der Waals surface area contributed by atoms with Crippen molar-refractivity contribution in [2.75, 3.05) is 24.9 Å². The van der Waals surface area contributed by atoms with Crippen LogP contribution in [0.4, 0.5) is 22.7 Å². The van der Waals surface area contributed by atoms with E-state index in [4.69, 9.17) is 9.47 Å². The van der Waals surface area contributed by atoms with Gasteiger partial charge >= 0.3 is 0 Å². The molecule has 2 amide bonds. The first kappa shape index (κ1) is 23.6. The molecule has 0 atom stereocenters. The molecule has 13 nitrogen and oxygen atoms in total. The minimum Gasteiger partial charge on any atom is -0.495 e. The molecule has 0 saturated carbocycles. The second-order valence-electron chi connectivity index (χ2n) is 6.60. The minimum atomic E-state index is -0.749. The number of nitro groups is 2. The molecule has 13 heteroatoms. The van der Waals surface area contributed by atoms with E-state index in [0.717, 1.165) is 12.1 Å². The van der Waals surface area contributed by atoms with Gasteiger partial charge in [-0.25, -0.2) is 4.98 Å². The summed E-state index contributed by atoms with van der Waals surface area (Å²) in [5.41, 5.74) is -0.759. The van der Waals surface area contributed by atoms with Crippen molar-refractivity contribution >= 4 is 34.6 Å². The SMILES string of the molecule is COc1ccc([N+](=O)[O-])cc1NC(=O)c1cccc(C(=O)Nc2cc([N+](=O)[O-])ccc2OC)n1. The normalized spacial score (nSPS) is 10.2. The number of non-ortho nitro benzene ring substituents is 2. The van der Waals surface area contributed by atoms with E-state index in [1.807, 2.05) is 0 Å². The van der Waals surface area contributed by atoms with E-state index in [1.165, 1.54) is 56.7 Å². The third kappa shape index (κ3) is 5.21. The molecule has 34 heavy (non-hydrogen) atoms. The van der Waals surface area contributed by atoms with E-state index in [1.54, 1.807) is 0 Å². The summed E-state index contributed by atoms with van der Waals surface area (Å²) in [6.45, 7) is 0. The zero-order valence-corrected chi connectivity index (χ0v) is 17.8. The van der Waals surface area contributed by atoms with E-state index in [0.29, 0.717) is 0 Å². The van der Waals surface area contributed by atoms with Crippen LogP contribution in [-0.4, -0.2) is 40.9 Å². The van der Waals surface area contributed by atoms with Crippen LogP contribution in [0.15, 0.2) is 54.6 Å². The van der Waals surface area contributed by atoms with Gasteiger partial charge in [0.1, 0.15) is 22.9 Å². The van der Waals surface area contributed by atoms with Crippen LogP contribution in [0.2, 0.25) is 0 Å². The molecule has 0 spiro atoms. The van der Waals surface area contributed by atoms with Crippen LogP contribution in [0.5, 0.6) is 11.5 Å². The first-order chi connectivity index (χ1) is 16.2. The topological polar surface area (TPSA) is 176 Å². The molecule has 1 heterocycles. The second-order valence-corrected chi connectivity index (χ2v) is 6.60. The summed E-state index contributed by atoms with van der Waals surface area (Å²) in [4.78, 5) is 50.2. The summed E-state index contributed by atoms with van der Waals surface area (Å²) in [5, 5.41) is 27.0. The summed E-state index contributed by atoms with van der Waals surface area (Å²) in [7, 11) is 2.67. The molecule has 174 valence electrons. The van der Waals surface area contributed by atoms with Gasteiger partial charge in [0.2, 0.25) is 0 Å². The number of nitro benzene ring substituents is 2. The standard InChI is InChI=1S/C21H17N5O8/c1-33-18-8-6-12(25(29)30)10-16(18)23-20(27)14-4-3-5-15(22-14)21(28)24-17-11-13(26(31)32)7-9-19(17)34-2/h3-11H,1-2H3,(H,23,27)(H,24,28). The van der Waals surface area contributed by atoms with Gasteiger partial charge in [0.05, 0.1) is 35.4 Å². The number of aromatic nitrogens is 1. The van der Waals surface area contributed by atoms with E-state index in [-0.39, 0.29) is 45.6 Å². The zero-order valence-electron chi connectivity index (χ0n) is 17.8. The number of ether oxygens (including phenoxy) is 2. The number of methoxy groups -OCH3 is 2. The molecule has 3 aromatic rings. The average Bonchev–Trinajstić information content (AvgIpc) is 2.83. The van der Waals surface area contributed by atoms with Gasteiger partial charge in [0.25, 0.3) is 23.2 Å². The van der Waals surface area contributed by atoms with Gasteiger partial charge in [0, 0.05) is 24.3 Å². The first-order valence-electron chi connectivity index (χ1n) is 9.48. The maximum absolute atomic E-state index is 12.7. The lowest BCUT2D eigenvalue weighted by molar-refractivity contribution is -0.385. The van der Waals surface area contributed by atoms with Crippen LogP contribution in [-0.2, 0) is 0 Å². The van der Waals surface area contributed by atoms with Crippen LogP contribution >= 0.6 is 0 Å². The summed E-state index contributed by atoms with van der Waals surface area (Å²) in [6, 6.07) is 11.4. The van der Waals surface area contributed by atoms with Crippen LogP contribution in [0, 0.1) is 20.2 Å². The number of nitrogens with zero attached hydrogens (tertiary/aromatic N) is 3. The third-order valence-electron chi connectivity index (χ3n) is 4.50. The fourth-order valence-electron chi connectivity index (χ4n) is 2.87. The van der Waals surface area contributed by atoms with E-state index in [9.17, 15) is 29.8 Å². The van der Waals surface area contributed by atoms with Crippen LogP contribution in [0.25, 0.3) is 0 Å². The summed E-state index contributed by atoms with van der Waals surface area (Å²) >= 11 is 0. The predicted octanol–water partition coefficient (Wildman–Crippen LogP) is 3.42. The van der Waals surface area contributed by atoms with Crippen LogP contribution < -0.4 is 20.1 Å². The zero-order chi connectivity index (χ0) is 24.8. The predicted molar refractivity (Wildman–Crippen MR) is 119 cm³/mol. The Labute approximate surface area is 191 Å². The van der Waals surface area contributed by atoms with Crippen molar-refractivity contribution in [3.8, 4) is 11.5 Å². The highest BCUT2D eigenvalue weighted by molar-refractivity contribution is 6.07. The third-order valence-corrected chi connectivity index (χ3v) is 4.50. The van der Waals surface area contributed by atoms with E-state index in [2.05, 4.69) is 15.6 Å². The highest BCUT2D eigenvalue weighted by Crippen LogP contribution is 2.30. The van der Waals surface area contributed by atoms with Crippen molar-refractivity contribution in [3.63, 3.8) is 0 Å². The molecule has 0 unspecified atom stereocenters. The average molecular weight is 467 g/mol. The van der Waals surface area contributed by atoms with E-state index < -0.39 is 21.7 Å². The number of carbonyl (C=O) groups excluding carboxylic acids is 2. The summed E-state index contributed by atoms with van der Waals surface area (Å²) < 4.78 is 10.2. The number of rotatable bonds is 8. The van der Waals surface area contributed by atoms with Crippen molar-refractivity contribution in [2.24, 2.45) is 0 Å². The molecule has 0 saturated heterocycles. The largest absolute Gasteiger partial charge is 0.495 e. The molecular formula is C21H17N5O8. The molecule has 0 bridgehead atoms. The first-order valence-corrected chi connectivity index (χ1v) is 9.48. The lowest BCUT2D eigenvalue weighted by Crippen LogP contribution is -2.19. The molecule has 2 aromatic carbocycles. The van der Waals surface area contributed by atoms with Crippen molar-refractivity contribution in [1.29, 1.82) is 0 Å². The second kappa shape index (κ2) is 10.0. The maximum atomic E-state index is 12.7. The highest BCUT2D eigenvalue weighted by Gasteiger charge is 2.19. The van der Waals surface area contributed by atoms with Crippen LogP contribution in [0.1, 0.15) is 21.0 Å². The Hall–Kier alpha value is -5.07. The number of benzene rings is 2. The highest BCUT2D eigenvalue weighted by atomic mass is 16.6. The Kier molecular flexibility index (Phi) is 6.96. The fraction of sp³-hybridized carbons (Fsp3) is 0.0952. The Bertz CT molecular complexity index is 1200. The lowest BCUT2D eigenvalue weighted by atomic mass is 10.2. The number of hydrogen-bond acceptors (Lipinski definition) is 9. The molecule has 0 radical (unpaired) electrons. The summed E-state index contributed by atoms with van der Waals surface area (Å²) in [6.07, 6.45) is 0. The molecular weight excluding hydrogens is 450 g/mol. The molecule has 0 aliphatic heterocycles. The van der Waals surface area contributed by atoms with Gasteiger partial charge in [-0.15, -0.1) is 0 Å². The van der Waals surface area contributed by atoms with Gasteiger partial charge in [0.15, 0.2) is 0 Å². The quantitative estimate of drug-likeness (QED) is 0.371. The van der Waals surface area contributed by atoms with Crippen molar-refractivity contribution in [1.82, 2.24) is 4.98 Å². The molecule has 3 rings (SSSR count). The monoisotopic (exact) mass is 467 g/mol. The van der Waals surface area contributed by atoms with Gasteiger partial charge < -0.3 is 20.1 Å². The molecule has 0 fully saturated rings. The Morgan fingerprint density at radius 3 is 1.53 bits per heavy atom. The number of anilines is 2. The van der Waals surface area contributed by atoms with Gasteiger partial charge in [-0.2, -0.15) is 0 Å². The van der Waals surface area contributed by atoms with E-state index >= 15 is 0 Å². The Morgan fingerprint density at radius 1 is 0.765 bits per heavy atom. The number of amides is 2. The number of nitrogens with one attached hydrogen (secondary N) is 2. The van der Waals surface area contributed by atoms with Crippen molar-refractivity contribution < 1.29 is 28.9 Å². The molecule has 1 aromatic heterocycles. The smallest absolute Gasteiger partial charge is 0.274 e. The molecule has 2 N–H and O–H groups in total. The Morgan fingerprint density at radius 2 is 1.18 bits per heavy atom. The van der Waals surface area contributed by atoms with Gasteiger partial charge in [-0.05, 0) is 24.3 Å². The number of carbonyl (C=O) groups is 2. The van der Waals surface area contributed by atoms with Crippen molar-refractivity contribution in [2.45, 2.75) is 0 Å². The number of pyridine rings is 1. The van der Waals surface area contributed by atoms with Crippen molar-refractivity contribution in [3.05, 3.63) is 86.2 Å². The van der Waals surface area contributed by atoms with Gasteiger partial charge in [-0.3, -0.25) is 29.8 Å². The lowest BCUT2D eigenvalue weighted by Gasteiger charge is -2.11. The van der Waals surface area contributed by atoms with Crippen LogP contribution in [0.3, 0.4) is 0 Å². The Balaban J connectivity index is 1.84. The molecule has 0 aliphatic carbocycles. The maximum Gasteiger partial charge on any atom is 0.274 e.